The van der Waals surface area contributed by atoms with Gasteiger partial charge in [0.05, 0.1) is 6.61 Å². The van der Waals surface area contributed by atoms with Crippen molar-refractivity contribution in [3.05, 3.63) is 46.6 Å². The van der Waals surface area contributed by atoms with Gasteiger partial charge in [-0.1, -0.05) is 13.3 Å². The van der Waals surface area contributed by atoms with E-state index in [1.54, 1.807) is 12.1 Å². The summed E-state index contributed by atoms with van der Waals surface area (Å²) in [6.45, 7) is 2.33. The SMILES string of the molecule is CCCCOc1c(-c2ccc(O)cc2)oc2cc(O)cc(O)c2c1=O. The average molecular weight is 342 g/mol. The highest BCUT2D eigenvalue weighted by molar-refractivity contribution is 5.88. The van der Waals surface area contributed by atoms with E-state index in [-0.39, 0.29) is 39.7 Å². The molecule has 0 aliphatic carbocycles. The predicted octanol–water partition coefficient (Wildman–Crippen LogP) is 3.76. The van der Waals surface area contributed by atoms with Crippen molar-refractivity contribution in [1.82, 2.24) is 0 Å². The van der Waals surface area contributed by atoms with Crippen LogP contribution in [0.2, 0.25) is 0 Å². The molecule has 0 radical (unpaired) electrons. The van der Waals surface area contributed by atoms with E-state index in [4.69, 9.17) is 9.15 Å². The number of phenolic OH excluding ortho intramolecular Hbond substituents is 3. The number of phenols is 3. The number of rotatable bonds is 5. The van der Waals surface area contributed by atoms with E-state index in [1.807, 2.05) is 6.92 Å². The van der Waals surface area contributed by atoms with E-state index >= 15 is 0 Å². The van der Waals surface area contributed by atoms with Crippen LogP contribution < -0.4 is 10.2 Å². The molecule has 0 saturated carbocycles. The fourth-order valence-corrected chi connectivity index (χ4v) is 2.52. The Morgan fingerprint density at radius 3 is 2.44 bits per heavy atom. The van der Waals surface area contributed by atoms with Crippen molar-refractivity contribution < 1.29 is 24.5 Å². The van der Waals surface area contributed by atoms with Crippen LogP contribution in [0.1, 0.15) is 19.8 Å². The molecular formula is C19H18O6. The zero-order valence-electron chi connectivity index (χ0n) is 13.7. The first kappa shape index (κ1) is 16.7. The largest absolute Gasteiger partial charge is 0.508 e. The van der Waals surface area contributed by atoms with Crippen LogP contribution in [0, 0.1) is 0 Å². The number of aromatic hydroxyl groups is 3. The van der Waals surface area contributed by atoms with Crippen LogP contribution in [0.3, 0.4) is 0 Å². The molecule has 0 atom stereocenters. The fraction of sp³-hybridized carbons (Fsp3) is 0.211. The highest BCUT2D eigenvalue weighted by Gasteiger charge is 2.20. The summed E-state index contributed by atoms with van der Waals surface area (Å²) in [5, 5.41) is 29.1. The molecule has 0 aliphatic rings. The molecule has 0 amide bonds. The Hall–Kier alpha value is -3.15. The molecule has 0 fully saturated rings. The van der Waals surface area contributed by atoms with Crippen LogP contribution in [0.25, 0.3) is 22.3 Å². The number of benzene rings is 2. The molecule has 0 bridgehead atoms. The van der Waals surface area contributed by atoms with Gasteiger partial charge in [0.1, 0.15) is 28.2 Å². The van der Waals surface area contributed by atoms with Crippen molar-refractivity contribution >= 4 is 11.0 Å². The number of ether oxygens (including phenoxy) is 1. The van der Waals surface area contributed by atoms with Gasteiger partial charge in [-0.05, 0) is 30.7 Å². The molecule has 2 aromatic carbocycles. The quantitative estimate of drug-likeness (QED) is 0.611. The second-order valence-corrected chi connectivity index (χ2v) is 5.68. The third-order valence-corrected chi connectivity index (χ3v) is 3.79. The highest BCUT2D eigenvalue weighted by atomic mass is 16.5. The van der Waals surface area contributed by atoms with Crippen LogP contribution in [-0.4, -0.2) is 21.9 Å². The predicted molar refractivity (Wildman–Crippen MR) is 93.3 cm³/mol. The lowest BCUT2D eigenvalue weighted by atomic mass is 10.1. The van der Waals surface area contributed by atoms with Crippen LogP contribution in [0.5, 0.6) is 23.0 Å². The maximum absolute atomic E-state index is 12.8. The second kappa shape index (κ2) is 6.76. The lowest BCUT2D eigenvalue weighted by Gasteiger charge is -2.12. The van der Waals surface area contributed by atoms with Gasteiger partial charge in [0.25, 0.3) is 0 Å². The summed E-state index contributed by atoms with van der Waals surface area (Å²) >= 11 is 0. The zero-order valence-corrected chi connectivity index (χ0v) is 13.7. The summed E-state index contributed by atoms with van der Waals surface area (Å²) in [5.74, 6) is -0.340. The average Bonchev–Trinajstić information content (AvgIpc) is 2.57. The van der Waals surface area contributed by atoms with Crippen molar-refractivity contribution in [2.45, 2.75) is 19.8 Å². The Balaban J connectivity index is 2.26. The third-order valence-electron chi connectivity index (χ3n) is 3.79. The zero-order chi connectivity index (χ0) is 18.0. The molecule has 3 aromatic rings. The van der Waals surface area contributed by atoms with Gasteiger partial charge < -0.3 is 24.5 Å². The lowest BCUT2D eigenvalue weighted by Crippen LogP contribution is -2.11. The monoisotopic (exact) mass is 342 g/mol. The summed E-state index contributed by atoms with van der Waals surface area (Å²) in [5.41, 5.74) is 0.0671. The number of unbranched alkanes of at least 4 members (excludes halogenated alkanes) is 1. The normalized spacial score (nSPS) is 10.9. The van der Waals surface area contributed by atoms with Crippen LogP contribution in [0.4, 0.5) is 0 Å². The van der Waals surface area contributed by atoms with Crippen LogP contribution >= 0.6 is 0 Å². The molecule has 130 valence electrons. The molecular weight excluding hydrogens is 324 g/mol. The molecule has 3 rings (SSSR count). The van der Waals surface area contributed by atoms with Crippen molar-refractivity contribution in [3.63, 3.8) is 0 Å². The first-order valence-corrected chi connectivity index (χ1v) is 7.96. The van der Waals surface area contributed by atoms with Gasteiger partial charge in [0.2, 0.25) is 11.2 Å². The molecule has 6 nitrogen and oxygen atoms in total. The number of hydrogen-bond donors (Lipinski definition) is 3. The topological polar surface area (TPSA) is 100 Å². The van der Waals surface area contributed by atoms with E-state index in [0.717, 1.165) is 18.9 Å². The fourth-order valence-electron chi connectivity index (χ4n) is 2.52. The number of fused-ring (bicyclic) bond motifs is 1. The minimum atomic E-state index is -0.516. The summed E-state index contributed by atoms with van der Waals surface area (Å²) in [4.78, 5) is 12.8. The summed E-state index contributed by atoms with van der Waals surface area (Å²) in [7, 11) is 0. The van der Waals surface area contributed by atoms with Crippen molar-refractivity contribution in [1.29, 1.82) is 0 Å². The molecule has 1 aromatic heterocycles. The summed E-state index contributed by atoms with van der Waals surface area (Å²) in [6, 6.07) is 8.46. The van der Waals surface area contributed by atoms with Gasteiger partial charge in [-0.2, -0.15) is 0 Å². The Morgan fingerprint density at radius 2 is 1.76 bits per heavy atom. The van der Waals surface area contributed by atoms with Gasteiger partial charge >= 0.3 is 0 Å². The second-order valence-electron chi connectivity index (χ2n) is 5.68. The summed E-state index contributed by atoms with van der Waals surface area (Å²) < 4.78 is 11.4. The third kappa shape index (κ3) is 3.24. The molecule has 6 heteroatoms. The molecule has 3 N–H and O–H groups in total. The van der Waals surface area contributed by atoms with E-state index < -0.39 is 5.43 Å². The van der Waals surface area contributed by atoms with Gasteiger partial charge in [0.15, 0.2) is 5.76 Å². The van der Waals surface area contributed by atoms with E-state index in [0.29, 0.717) is 12.2 Å². The Labute approximate surface area is 143 Å². The molecule has 1 heterocycles. The Kier molecular flexibility index (Phi) is 4.52. The van der Waals surface area contributed by atoms with Crippen molar-refractivity contribution in [2.24, 2.45) is 0 Å². The van der Waals surface area contributed by atoms with Crippen molar-refractivity contribution in [3.8, 4) is 34.3 Å². The number of hydrogen-bond acceptors (Lipinski definition) is 6. The standard InChI is InChI=1S/C19H18O6/c1-2-3-8-24-19-17(23)16-14(22)9-13(21)10-15(16)25-18(19)11-4-6-12(20)7-5-11/h4-7,9-10,20-22H,2-3,8H2,1H3. The first-order valence-electron chi connectivity index (χ1n) is 7.96. The Morgan fingerprint density at radius 1 is 1.04 bits per heavy atom. The van der Waals surface area contributed by atoms with E-state index in [9.17, 15) is 20.1 Å². The summed E-state index contributed by atoms with van der Waals surface area (Å²) in [6.07, 6.45) is 1.65. The first-order chi connectivity index (χ1) is 12.0. The van der Waals surface area contributed by atoms with Crippen molar-refractivity contribution in [2.75, 3.05) is 6.61 Å². The minimum absolute atomic E-state index is 0.00682. The molecule has 0 saturated heterocycles. The van der Waals surface area contributed by atoms with E-state index in [1.165, 1.54) is 18.2 Å². The van der Waals surface area contributed by atoms with Gasteiger partial charge in [-0.15, -0.1) is 0 Å². The van der Waals surface area contributed by atoms with Gasteiger partial charge in [-0.25, -0.2) is 0 Å². The maximum Gasteiger partial charge on any atom is 0.239 e. The van der Waals surface area contributed by atoms with Crippen LogP contribution in [0.15, 0.2) is 45.6 Å². The van der Waals surface area contributed by atoms with Crippen LogP contribution in [-0.2, 0) is 0 Å². The molecule has 25 heavy (non-hydrogen) atoms. The Bertz CT molecular complexity index is 956. The smallest absolute Gasteiger partial charge is 0.239 e. The highest BCUT2D eigenvalue weighted by Crippen LogP contribution is 2.36. The van der Waals surface area contributed by atoms with Gasteiger partial charge in [0, 0.05) is 17.7 Å². The lowest BCUT2D eigenvalue weighted by molar-refractivity contribution is 0.301. The molecule has 0 unspecified atom stereocenters. The van der Waals surface area contributed by atoms with Gasteiger partial charge in [-0.3, -0.25) is 4.79 Å². The molecule has 0 aliphatic heterocycles. The molecule has 0 spiro atoms. The minimum Gasteiger partial charge on any atom is -0.508 e. The van der Waals surface area contributed by atoms with E-state index in [2.05, 4.69) is 0 Å². The maximum atomic E-state index is 12.8.